The third-order valence-electron chi connectivity index (χ3n) is 4.37. The molecule has 146 valence electrons. The van der Waals surface area contributed by atoms with Crippen molar-refractivity contribution >= 4 is 28.9 Å². The van der Waals surface area contributed by atoms with Gasteiger partial charge < -0.3 is 20.1 Å². The minimum Gasteiger partial charge on any atom is -0.372 e. The van der Waals surface area contributed by atoms with Gasteiger partial charge in [-0.25, -0.2) is 9.97 Å². The number of benzene rings is 1. The molecule has 3 aromatic rings. The molecular formula is C20H24N6O2. The van der Waals surface area contributed by atoms with Crippen LogP contribution < -0.4 is 15.5 Å². The topological polar surface area (TPSA) is 96.2 Å². The number of hydrogen-bond donors (Lipinski definition) is 2. The Morgan fingerprint density at radius 1 is 1.07 bits per heavy atom. The van der Waals surface area contributed by atoms with Gasteiger partial charge in [-0.15, -0.1) is 0 Å². The maximum absolute atomic E-state index is 12.4. The maximum atomic E-state index is 12.4. The van der Waals surface area contributed by atoms with Crippen LogP contribution in [0.15, 0.2) is 41.2 Å². The van der Waals surface area contributed by atoms with E-state index in [-0.39, 0.29) is 11.6 Å². The Bertz CT molecular complexity index is 965. The highest BCUT2D eigenvalue weighted by Crippen LogP contribution is 2.25. The van der Waals surface area contributed by atoms with Gasteiger partial charge in [-0.1, -0.05) is 5.16 Å². The Morgan fingerprint density at radius 2 is 1.86 bits per heavy atom. The Labute approximate surface area is 164 Å². The van der Waals surface area contributed by atoms with Crippen molar-refractivity contribution in [2.24, 2.45) is 0 Å². The molecule has 0 bridgehead atoms. The van der Waals surface area contributed by atoms with Crippen LogP contribution in [0.5, 0.6) is 0 Å². The van der Waals surface area contributed by atoms with Crippen molar-refractivity contribution in [1.29, 1.82) is 0 Å². The lowest BCUT2D eigenvalue weighted by Crippen LogP contribution is -2.21. The molecule has 2 aromatic heterocycles. The van der Waals surface area contributed by atoms with Crippen LogP contribution in [-0.2, 0) is 0 Å². The SMILES string of the molecule is CCN(CC)c1ccc(Nc2cc(C(=O)Nc3cc(C)on3)ncn2)c(C)c1. The molecule has 8 heteroatoms. The molecule has 3 rings (SSSR count). The van der Waals surface area contributed by atoms with Crippen molar-refractivity contribution in [3.8, 4) is 0 Å². The zero-order valence-corrected chi connectivity index (χ0v) is 16.5. The first kappa shape index (κ1) is 19.3. The van der Waals surface area contributed by atoms with Gasteiger partial charge in [0, 0.05) is 36.6 Å². The molecule has 2 N–H and O–H groups in total. The van der Waals surface area contributed by atoms with Gasteiger partial charge in [-0.2, -0.15) is 0 Å². The second kappa shape index (κ2) is 8.51. The number of hydrogen-bond acceptors (Lipinski definition) is 7. The third-order valence-corrected chi connectivity index (χ3v) is 4.37. The van der Waals surface area contributed by atoms with Crippen molar-refractivity contribution in [3.63, 3.8) is 0 Å². The van der Waals surface area contributed by atoms with E-state index in [0.29, 0.717) is 17.4 Å². The minimum atomic E-state index is -0.382. The van der Waals surface area contributed by atoms with Gasteiger partial charge in [-0.05, 0) is 51.5 Å². The predicted octanol–water partition coefficient (Wildman–Crippen LogP) is 3.92. The summed E-state index contributed by atoms with van der Waals surface area (Å²) >= 11 is 0. The highest BCUT2D eigenvalue weighted by molar-refractivity contribution is 6.02. The van der Waals surface area contributed by atoms with E-state index in [1.165, 1.54) is 12.0 Å². The lowest BCUT2D eigenvalue weighted by molar-refractivity contribution is 0.102. The van der Waals surface area contributed by atoms with Gasteiger partial charge in [0.25, 0.3) is 5.91 Å². The monoisotopic (exact) mass is 380 g/mol. The number of aryl methyl sites for hydroxylation is 2. The molecule has 1 amide bonds. The number of nitrogens with one attached hydrogen (secondary N) is 2. The Kier molecular flexibility index (Phi) is 5.88. The fourth-order valence-electron chi connectivity index (χ4n) is 2.87. The first-order valence-corrected chi connectivity index (χ1v) is 9.19. The highest BCUT2D eigenvalue weighted by atomic mass is 16.5. The van der Waals surface area contributed by atoms with Crippen molar-refractivity contribution in [3.05, 3.63) is 53.7 Å². The molecule has 0 atom stereocenters. The first-order chi connectivity index (χ1) is 13.5. The van der Waals surface area contributed by atoms with Gasteiger partial charge in [0.15, 0.2) is 5.82 Å². The lowest BCUT2D eigenvalue weighted by Gasteiger charge is -2.22. The van der Waals surface area contributed by atoms with Crippen LogP contribution in [-0.4, -0.2) is 34.1 Å². The summed E-state index contributed by atoms with van der Waals surface area (Å²) in [5.74, 6) is 1.12. The molecule has 0 fully saturated rings. The first-order valence-electron chi connectivity index (χ1n) is 9.19. The zero-order valence-electron chi connectivity index (χ0n) is 16.5. The highest BCUT2D eigenvalue weighted by Gasteiger charge is 2.12. The van der Waals surface area contributed by atoms with Crippen molar-refractivity contribution in [2.45, 2.75) is 27.7 Å². The number of nitrogens with zero attached hydrogens (tertiary/aromatic N) is 4. The molecule has 8 nitrogen and oxygen atoms in total. The van der Waals surface area contributed by atoms with Crippen molar-refractivity contribution < 1.29 is 9.32 Å². The number of carbonyl (C=O) groups is 1. The van der Waals surface area contributed by atoms with Crippen LogP contribution >= 0.6 is 0 Å². The number of carbonyl (C=O) groups excluding carboxylic acids is 1. The van der Waals surface area contributed by atoms with Gasteiger partial charge in [0.2, 0.25) is 0 Å². The smallest absolute Gasteiger partial charge is 0.275 e. The van der Waals surface area contributed by atoms with Gasteiger partial charge in [0.1, 0.15) is 23.6 Å². The molecule has 0 aliphatic rings. The summed E-state index contributed by atoms with van der Waals surface area (Å²) < 4.78 is 4.95. The summed E-state index contributed by atoms with van der Waals surface area (Å²) in [5, 5.41) is 9.65. The van der Waals surface area contributed by atoms with Crippen LogP contribution in [0.2, 0.25) is 0 Å². The van der Waals surface area contributed by atoms with Crippen LogP contribution in [0.3, 0.4) is 0 Å². The molecule has 0 saturated heterocycles. The second-order valence-electron chi connectivity index (χ2n) is 6.36. The van der Waals surface area contributed by atoms with E-state index in [9.17, 15) is 4.79 Å². The van der Waals surface area contributed by atoms with Crippen LogP contribution in [0, 0.1) is 13.8 Å². The Morgan fingerprint density at radius 3 is 2.50 bits per heavy atom. The van der Waals surface area contributed by atoms with E-state index in [0.717, 1.165) is 24.3 Å². The quantitative estimate of drug-likeness (QED) is 0.641. The Hall–Kier alpha value is -3.42. The van der Waals surface area contributed by atoms with Gasteiger partial charge in [-0.3, -0.25) is 4.79 Å². The average Bonchev–Trinajstić information content (AvgIpc) is 3.09. The standard InChI is InChI=1S/C20H24N6O2/c1-5-26(6-2)15-7-8-16(13(3)9-15)23-18-11-17(21-12-22-18)20(27)24-19-10-14(4)28-25-19/h7-12H,5-6H2,1-4H3,(H,21,22,23)(H,24,25,27). The molecule has 2 heterocycles. The second-order valence-corrected chi connectivity index (χ2v) is 6.36. The summed E-state index contributed by atoms with van der Waals surface area (Å²) in [5.41, 5.74) is 3.43. The molecule has 0 aliphatic carbocycles. The van der Waals surface area contributed by atoms with E-state index >= 15 is 0 Å². The van der Waals surface area contributed by atoms with E-state index in [4.69, 9.17) is 4.52 Å². The molecular weight excluding hydrogens is 356 g/mol. The van der Waals surface area contributed by atoms with Crippen LogP contribution in [0.4, 0.5) is 23.0 Å². The average molecular weight is 380 g/mol. The van der Waals surface area contributed by atoms with E-state index < -0.39 is 0 Å². The number of rotatable bonds is 7. The molecule has 0 radical (unpaired) electrons. The third kappa shape index (κ3) is 4.46. The fraction of sp³-hybridized carbons (Fsp3) is 0.300. The summed E-state index contributed by atoms with van der Waals surface area (Å²) in [7, 11) is 0. The fourth-order valence-corrected chi connectivity index (χ4v) is 2.87. The van der Waals surface area contributed by atoms with Crippen LogP contribution in [0.1, 0.15) is 35.7 Å². The number of aromatic nitrogens is 3. The molecule has 0 saturated carbocycles. The van der Waals surface area contributed by atoms with Gasteiger partial charge in [0.05, 0.1) is 0 Å². The number of amides is 1. The molecule has 0 spiro atoms. The number of anilines is 4. The van der Waals surface area contributed by atoms with E-state index in [2.05, 4.69) is 56.6 Å². The van der Waals surface area contributed by atoms with Crippen molar-refractivity contribution in [1.82, 2.24) is 15.1 Å². The molecule has 0 unspecified atom stereocenters. The largest absolute Gasteiger partial charge is 0.372 e. The molecule has 1 aromatic carbocycles. The maximum Gasteiger partial charge on any atom is 0.275 e. The lowest BCUT2D eigenvalue weighted by atomic mass is 10.1. The summed E-state index contributed by atoms with van der Waals surface area (Å²) in [4.78, 5) is 22.9. The van der Waals surface area contributed by atoms with Crippen LogP contribution in [0.25, 0.3) is 0 Å². The Balaban J connectivity index is 1.74. The van der Waals surface area contributed by atoms with E-state index in [1.54, 1.807) is 19.1 Å². The van der Waals surface area contributed by atoms with E-state index in [1.807, 2.05) is 13.0 Å². The summed E-state index contributed by atoms with van der Waals surface area (Å²) in [6, 6.07) is 9.46. The minimum absolute atomic E-state index is 0.232. The zero-order chi connectivity index (χ0) is 20.1. The normalized spacial score (nSPS) is 10.6. The summed E-state index contributed by atoms with van der Waals surface area (Å²) in [6.07, 6.45) is 1.35. The van der Waals surface area contributed by atoms with Crippen molar-refractivity contribution in [2.75, 3.05) is 28.6 Å². The molecule has 0 aliphatic heterocycles. The summed E-state index contributed by atoms with van der Waals surface area (Å²) in [6.45, 7) is 9.98. The predicted molar refractivity (Wildman–Crippen MR) is 109 cm³/mol. The molecule has 28 heavy (non-hydrogen) atoms. The van der Waals surface area contributed by atoms with Gasteiger partial charge >= 0.3 is 0 Å².